The molecule has 0 heterocycles. The van der Waals surface area contributed by atoms with Crippen LogP contribution >= 0.6 is 0 Å². The van der Waals surface area contributed by atoms with Crippen LogP contribution in [0.2, 0.25) is 0 Å². The van der Waals surface area contributed by atoms with Gasteiger partial charge in [0.1, 0.15) is 0 Å². The highest BCUT2D eigenvalue weighted by Gasteiger charge is 2.13. The molecule has 1 amide bonds. The molecule has 1 N–H and O–H groups in total. The van der Waals surface area contributed by atoms with Crippen molar-refractivity contribution in [2.45, 2.75) is 20.3 Å². The predicted octanol–water partition coefficient (Wildman–Crippen LogP) is 3.18. The second-order valence-corrected chi connectivity index (χ2v) is 5.39. The van der Waals surface area contributed by atoms with Gasteiger partial charge in [-0.15, -0.1) is 0 Å². The van der Waals surface area contributed by atoms with E-state index >= 15 is 0 Å². The number of anilines is 1. The van der Waals surface area contributed by atoms with Crippen molar-refractivity contribution in [2.75, 3.05) is 24.5 Å². The van der Waals surface area contributed by atoms with Gasteiger partial charge in [-0.3, -0.25) is 4.79 Å². The van der Waals surface area contributed by atoms with Gasteiger partial charge in [-0.25, -0.2) is 0 Å². The zero-order valence-corrected chi connectivity index (χ0v) is 13.4. The molecule has 0 spiro atoms. The number of hydrogen-bond acceptors (Lipinski definition) is 2. The van der Waals surface area contributed by atoms with Gasteiger partial charge in [-0.05, 0) is 50.1 Å². The smallest absolute Gasteiger partial charge is 0.240 e. The summed E-state index contributed by atoms with van der Waals surface area (Å²) in [6.45, 7) is 5.91. The Kier molecular flexibility index (Phi) is 6.16. The Balaban J connectivity index is 1.82. The van der Waals surface area contributed by atoms with Gasteiger partial charge in [0.05, 0.1) is 6.54 Å². The zero-order chi connectivity index (χ0) is 15.8. The van der Waals surface area contributed by atoms with Crippen molar-refractivity contribution < 1.29 is 4.79 Å². The molecule has 116 valence electrons. The number of nitrogens with zero attached hydrogens (tertiary/aromatic N) is 1. The zero-order valence-electron chi connectivity index (χ0n) is 13.4. The van der Waals surface area contributed by atoms with E-state index in [1.807, 2.05) is 61.2 Å². The normalized spacial score (nSPS) is 10.5. The molecule has 0 aliphatic heterocycles. The molecule has 2 aromatic carbocycles. The molecule has 3 heteroatoms. The molecule has 0 aromatic heterocycles. The van der Waals surface area contributed by atoms with E-state index in [1.54, 1.807) is 0 Å². The summed E-state index contributed by atoms with van der Waals surface area (Å²) in [4.78, 5) is 14.2. The van der Waals surface area contributed by atoms with Crippen molar-refractivity contribution in [2.24, 2.45) is 0 Å². The fraction of sp³-hybridized carbons (Fsp3) is 0.316. The SMILES string of the molecule is CCN(C(=O)CNCCc1ccccc1)c1cccc(C)c1. The van der Waals surface area contributed by atoms with Crippen LogP contribution in [0, 0.1) is 6.92 Å². The van der Waals surface area contributed by atoms with Gasteiger partial charge >= 0.3 is 0 Å². The summed E-state index contributed by atoms with van der Waals surface area (Å²) in [7, 11) is 0. The van der Waals surface area contributed by atoms with E-state index in [0.29, 0.717) is 13.1 Å². The summed E-state index contributed by atoms with van der Waals surface area (Å²) in [5.74, 6) is 0.112. The second-order valence-electron chi connectivity index (χ2n) is 5.39. The maximum atomic E-state index is 12.4. The molecule has 22 heavy (non-hydrogen) atoms. The summed E-state index contributed by atoms with van der Waals surface area (Å²) < 4.78 is 0. The van der Waals surface area contributed by atoms with E-state index in [2.05, 4.69) is 17.4 Å². The minimum absolute atomic E-state index is 0.112. The highest BCUT2D eigenvalue weighted by Crippen LogP contribution is 2.15. The molecule has 0 aliphatic rings. The van der Waals surface area contributed by atoms with Gasteiger partial charge in [0.2, 0.25) is 5.91 Å². The summed E-state index contributed by atoms with van der Waals surface area (Å²) in [6.07, 6.45) is 0.935. The molecule has 0 saturated carbocycles. The average molecular weight is 296 g/mol. The van der Waals surface area contributed by atoms with Gasteiger partial charge in [0.25, 0.3) is 0 Å². The van der Waals surface area contributed by atoms with Crippen molar-refractivity contribution in [3.63, 3.8) is 0 Å². The Morgan fingerprint density at radius 3 is 2.55 bits per heavy atom. The minimum atomic E-state index is 0.112. The summed E-state index contributed by atoms with van der Waals surface area (Å²) in [6, 6.07) is 18.4. The third-order valence-corrected chi connectivity index (χ3v) is 3.64. The summed E-state index contributed by atoms with van der Waals surface area (Å²) in [5, 5.41) is 3.24. The molecule has 3 nitrogen and oxygen atoms in total. The van der Waals surface area contributed by atoms with Crippen LogP contribution in [0.1, 0.15) is 18.1 Å². The first-order valence-electron chi connectivity index (χ1n) is 7.82. The van der Waals surface area contributed by atoms with Crippen LogP contribution in [-0.4, -0.2) is 25.5 Å². The molecule has 2 rings (SSSR count). The van der Waals surface area contributed by atoms with E-state index < -0.39 is 0 Å². The van der Waals surface area contributed by atoms with E-state index in [-0.39, 0.29) is 5.91 Å². The minimum Gasteiger partial charge on any atom is -0.312 e. The fourth-order valence-electron chi connectivity index (χ4n) is 2.47. The lowest BCUT2D eigenvalue weighted by Gasteiger charge is -2.21. The van der Waals surface area contributed by atoms with Crippen molar-refractivity contribution in [3.8, 4) is 0 Å². The van der Waals surface area contributed by atoms with Gasteiger partial charge < -0.3 is 10.2 Å². The van der Waals surface area contributed by atoms with Gasteiger partial charge in [-0.1, -0.05) is 42.5 Å². The molecule has 0 bridgehead atoms. The molecular formula is C19H24N2O. The largest absolute Gasteiger partial charge is 0.312 e. The topological polar surface area (TPSA) is 32.3 Å². The maximum absolute atomic E-state index is 12.4. The monoisotopic (exact) mass is 296 g/mol. The van der Waals surface area contributed by atoms with Crippen LogP contribution in [0.5, 0.6) is 0 Å². The first kappa shape index (κ1) is 16.2. The van der Waals surface area contributed by atoms with E-state index in [4.69, 9.17) is 0 Å². The Bertz CT molecular complexity index is 595. The van der Waals surface area contributed by atoms with Gasteiger partial charge in [0, 0.05) is 12.2 Å². The lowest BCUT2D eigenvalue weighted by atomic mass is 10.1. The van der Waals surface area contributed by atoms with Crippen LogP contribution < -0.4 is 10.2 Å². The van der Waals surface area contributed by atoms with Crippen LogP contribution in [-0.2, 0) is 11.2 Å². The molecule has 0 fully saturated rings. The predicted molar refractivity (Wildman–Crippen MR) is 92.2 cm³/mol. The van der Waals surface area contributed by atoms with Gasteiger partial charge in [0.15, 0.2) is 0 Å². The fourth-order valence-corrected chi connectivity index (χ4v) is 2.47. The Morgan fingerprint density at radius 1 is 1.09 bits per heavy atom. The molecular weight excluding hydrogens is 272 g/mol. The van der Waals surface area contributed by atoms with Crippen LogP contribution in [0.25, 0.3) is 0 Å². The maximum Gasteiger partial charge on any atom is 0.240 e. The third kappa shape index (κ3) is 4.71. The number of likely N-dealkylation sites (N-methyl/N-ethyl adjacent to an activating group) is 1. The molecule has 0 saturated heterocycles. The van der Waals surface area contributed by atoms with E-state index in [0.717, 1.165) is 18.7 Å². The highest BCUT2D eigenvalue weighted by molar-refractivity contribution is 5.94. The number of carbonyl (C=O) groups excluding carboxylic acids is 1. The molecule has 0 radical (unpaired) electrons. The molecule has 2 aromatic rings. The average Bonchev–Trinajstić information content (AvgIpc) is 2.53. The number of nitrogens with one attached hydrogen (secondary N) is 1. The lowest BCUT2D eigenvalue weighted by molar-refractivity contribution is -0.117. The number of aryl methyl sites for hydroxylation is 1. The standard InChI is InChI=1S/C19H24N2O/c1-3-21(18-11-7-8-16(2)14-18)19(22)15-20-13-12-17-9-5-4-6-10-17/h4-11,14,20H,3,12-13,15H2,1-2H3. The van der Waals surface area contributed by atoms with Crippen LogP contribution in [0.15, 0.2) is 54.6 Å². The van der Waals surface area contributed by atoms with Crippen LogP contribution in [0.3, 0.4) is 0 Å². The first-order chi connectivity index (χ1) is 10.7. The van der Waals surface area contributed by atoms with Gasteiger partial charge in [-0.2, -0.15) is 0 Å². The van der Waals surface area contributed by atoms with E-state index in [1.165, 1.54) is 11.1 Å². The Labute approximate surface area is 133 Å². The highest BCUT2D eigenvalue weighted by atomic mass is 16.2. The van der Waals surface area contributed by atoms with E-state index in [9.17, 15) is 4.79 Å². The third-order valence-electron chi connectivity index (χ3n) is 3.64. The van der Waals surface area contributed by atoms with Crippen molar-refractivity contribution in [1.29, 1.82) is 0 Å². The number of carbonyl (C=O) groups is 1. The summed E-state index contributed by atoms with van der Waals surface area (Å²) in [5.41, 5.74) is 3.42. The quantitative estimate of drug-likeness (QED) is 0.796. The summed E-state index contributed by atoms with van der Waals surface area (Å²) >= 11 is 0. The molecule has 0 unspecified atom stereocenters. The number of amides is 1. The van der Waals surface area contributed by atoms with Crippen molar-refractivity contribution in [3.05, 3.63) is 65.7 Å². The Morgan fingerprint density at radius 2 is 1.86 bits per heavy atom. The first-order valence-corrected chi connectivity index (χ1v) is 7.82. The van der Waals surface area contributed by atoms with Crippen LogP contribution in [0.4, 0.5) is 5.69 Å². The lowest BCUT2D eigenvalue weighted by Crippen LogP contribution is -2.38. The van der Waals surface area contributed by atoms with Crippen molar-refractivity contribution >= 4 is 11.6 Å². The molecule has 0 aliphatic carbocycles. The molecule has 0 atom stereocenters. The number of hydrogen-bond donors (Lipinski definition) is 1. The Hall–Kier alpha value is -2.13. The number of benzene rings is 2. The second kappa shape index (κ2) is 8.35. The number of rotatable bonds is 7. The van der Waals surface area contributed by atoms with Crippen molar-refractivity contribution in [1.82, 2.24) is 5.32 Å².